The van der Waals surface area contributed by atoms with Crippen molar-refractivity contribution >= 4 is 5.91 Å². The van der Waals surface area contributed by atoms with Gasteiger partial charge in [-0.05, 0) is 17.0 Å². The fourth-order valence-corrected chi connectivity index (χ4v) is 2.44. The monoisotopic (exact) mass is 277 g/mol. The average molecular weight is 277 g/mol. The first kappa shape index (κ1) is 14.9. The highest BCUT2D eigenvalue weighted by Gasteiger charge is 2.21. The van der Waals surface area contributed by atoms with Crippen LogP contribution in [-0.2, 0) is 10.2 Å². The third-order valence-electron chi connectivity index (χ3n) is 3.61. The number of amides is 1. The lowest BCUT2D eigenvalue weighted by molar-refractivity contribution is -0.662. The third-order valence-corrected chi connectivity index (χ3v) is 3.61. The summed E-state index contributed by atoms with van der Waals surface area (Å²) in [6, 6.07) is 7.97. The van der Waals surface area contributed by atoms with Gasteiger partial charge in [-0.2, -0.15) is 0 Å². The van der Waals surface area contributed by atoms with Gasteiger partial charge in [-0.25, -0.2) is 0 Å². The van der Waals surface area contributed by atoms with Gasteiger partial charge in [0.1, 0.15) is 5.75 Å². The van der Waals surface area contributed by atoms with Crippen molar-refractivity contribution in [3.05, 3.63) is 29.8 Å². The zero-order chi connectivity index (χ0) is 14.6. The van der Waals surface area contributed by atoms with Crippen molar-refractivity contribution in [3.63, 3.8) is 0 Å². The number of benzene rings is 1. The minimum atomic E-state index is 0.0136. The number of carbonyl (C=O) groups is 1. The molecule has 0 spiro atoms. The lowest BCUT2D eigenvalue weighted by atomic mass is 9.86. The summed E-state index contributed by atoms with van der Waals surface area (Å²) in [6.07, 6.45) is 0. The molecule has 2 rings (SSSR count). The summed E-state index contributed by atoms with van der Waals surface area (Å²) in [5.41, 5.74) is 1.15. The van der Waals surface area contributed by atoms with Crippen LogP contribution in [0.25, 0.3) is 0 Å². The zero-order valence-corrected chi connectivity index (χ0v) is 12.7. The summed E-state index contributed by atoms with van der Waals surface area (Å²) in [5.74, 6) is 0.902. The van der Waals surface area contributed by atoms with Gasteiger partial charge in [-0.15, -0.1) is 0 Å². The Morgan fingerprint density at radius 2 is 1.90 bits per heavy atom. The van der Waals surface area contributed by atoms with Crippen molar-refractivity contribution in [1.82, 2.24) is 4.90 Å². The SMILES string of the molecule is CC(C)(C)c1ccccc1OCC(=O)N1CC[NH2+]CC1. The molecule has 0 bridgehead atoms. The fourth-order valence-electron chi connectivity index (χ4n) is 2.44. The van der Waals surface area contributed by atoms with Crippen LogP contribution >= 0.6 is 0 Å². The smallest absolute Gasteiger partial charge is 0.260 e. The first-order valence-electron chi connectivity index (χ1n) is 7.30. The molecule has 0 aliphatic carbocycles. The van der Waals surface area contributed by atoms with Gasteiger partial charge in [0.2, 0.25) is 0 Å². The first-order valence-corrected chi connectivity index (χ1v) is 7.30. The van der Waals surface area contributed by atoms with E-state index in [1.54, 1.807) is 0 Å². The predicted molar refractivity (Wildman–Crippen MR) is 78.9 cm³/mol. The van der Waals surface area contributed by atoms with E-state index in [1.807, 2.05) is 23.1 Å². The summed E-state index contributed by atoms with van der Waals surface area (Å²) in [7, 11) is 0. The molecule has 2 N–H and O–H groups in total. The van der Waals surface area contributed by atoms with E-state index in [0.717, 1.165) is 37.5 Å². The van der Waals surface area contributed by atoms with Crippen LogP contribution in [0.3, 0.4) is 0 Å². The first-order chi connectivity index (χ1) is 9.48. The van der Waals surface area contributed by atoms with Crippen molar-refractivity contribution in [1.29, 1.82) is 0 Å². The van der Waals surface area contributed by atoms with Crippen molar-refractivity contribution < 1.29 is 14.8 Å². The number of carbonyl (C=O) groups excluding carboxylic acids is 1. The van der Waals surface area contributed by atoms with Crippen molar-refractivity contribution in [3.8, 4) is 5.75 Å². The van der Waals surface area contributed by atoms with Crippen LogP contribution < -0.4 is 10.1 Å². The van der Waals surface area contributed by atoms with Crippen molar-refractivity contribution in [2.24, 2.45) is 0 Å². The highest BCUT2D eigenvalue weighted by atomic mass is 16.5. The van der Waals surface area contributed by atoms with Gasteiger partial charge in [0, 0.05) is 0 Å². The van der Waals surface area contributed by atoms with Crippen LogP contribution in [0, 0.1) is 0 Å². The van der Waals surface area contributed by atoms with Crippen molar-refractivity contribution in [2.75, 3.05) is 32.8 Å². The molecule has 4 nitrogen and oxygen atoms in total. The Balaban J connectivity index is 1.98. The van der Waals surface area contributed by atoms with Gasteiger partial charge in [0.15, 0.2) is 6.61 Å². The molecule has 110 valence electrons. The minimum Gasteiger partial charge on any atom is -0.483 e. The molecule has 4 heteroatoms. The molecular weight excluding hydrogens is 252 g/mol. The van der Waals surface area contributed by atoms with Crippen LogP contribution in [0.1, 0.15) is 26.3 Å². The zero-order valence-electron chi connectivity index (χ0n) is 12.7. The molecule has 0 saturated carbocycles. The molecular formula is C16H25N2O2+. The summed E-state index contributed by atoms with van der Waals surface area (Å²) in [6.45, 7) is 10.2. The molecule has 1 aliphatic rings. The molecule has 1 heterocycles. The number of quaternary nitrogens is 1. The van der Waals surface area contributed by atoms with E-state index in [2.05, 4.69) is 32.2 Å². The fraction of sp³-hybridized carbons (Fsp3) is 0.562. The van der Waals surface area contributed by atoms with Gasteiger partial charge in [0.05, 0.1) is 26.2 Å². The summed E-state index contributed by atoms with van der Waals surface area (Å²) in [5, 5.41) is 2.24. The van der Waals surface area contributed by atoms with E-state index in [0.29, 0.717) is 0 Å². The van der Waals surface area contributed by atoms with Crippen molar-refractivity contribution in [2.45, 2.75) is 26.2 Å². The second-order valence-corrected chi connectivity index (χ2v) is 6.28. The highest BCUT2D eigenvalue weighted by molar-refractivity contribution is 5.77. The van der Waals surface area contributed by atoms with Gasteiger partial charge in [-0.1, -0.05) is 39.0 Å². The highest BCUT2D eigenvalue weighted by Crippen LogP contribution is 2.30. The Hall–Kier alpha value is -1.55. The summed E-state index contributed by atoms with van der Waals surface area (Å²) >= 11 is 0. The molecule has 0 radical (unpaired) electrons. The number of hydrogen-bond acceptors (Lipinski definition) is 2. The van der Waals surface area contributed by atoms with E-state index >= 15 is 0 Å². The lowest BCUT2D eigenvalue weighted by Crippen LogP contribution is -2.90. The van der Waals surface area contributed by atoms with Gasteiger partial charge < -0.3 is 15.0 Å². The maximum absolute atomic E-state index is 12.1. The normalized spacial score (nSPS) is 16.1. The lowest BCUT2D eigenvalue weighted by Gasteiger charge is -2.26. The Kier molecular flexibility index (Phi) is 4.65. The molecule has 0 atom stereocenters. The number of piperazine rings is 1. The van der Waals surface area contributed by atoms with E-state index in [9.17, 15) is 4.79 Å². The minimum absolute atomic E-state index is 0.0136. The molecule has 1 aromatic rings. The van der Waals surface area contributed by atoms with Gasteiger partial charge >= 0.3 is 0 Å². The molecule has 1 fully saturated rings. The van der Waals surface area contributed by atoms with Crippen LogP contribution in [0.4, 0.5) is 0 Å². The summed E-state index contributed by atoms with van der Waals surface area (Å²) < 4.78 is 5.78. The average Bonchev–Trinajstić information content (AvgIpc) is 2.45. The molecule has 0 unspecified atom stereocenters. The van der Waals surface area contributed by atoms with E-state index < -0.39 is 0 Å². The molecule has 1 aliphatic heterocycles. The Labute approximate surface area is 121 Å². The number of nitrogens with zero attached hydrogens (tertiary/aromatic N) is 1. The number of nitrogens with two attached hydrogens (primary N) is 1. The van der Waals surface area contributed by atoms with Gasteiger partial charge in [-0.3, -0.25) is 4.79 Å². The predicted octanol–water partition coefficient (Wildman–Crippen LogP) is 0.769. The van der Waals surface area contributed by atoms with E-state index in [4.69, 9.17) is 4.74 Å². The number of ether oxygens (including phenoxy) is 1. The number of rotatable bonds is 3. The molecule has 0 aromatic heterocycles. The number of hydrogen-bond donors (Lipinski definition) is 1. The second kappa shape index (κ2) is 6.27. The van der Waals surface area contributed by atoms with E-state index in [1.165, 1.54) is 0 Å². The molecule has 20 heavy (non-hydrogen) atoms. The number of para-hydroxylation sites is 1. The Morgan fingerprint density at radius 1 is 1.25 bits per heavy atom. The Bertz CT molecular complexity index is 460. The Morgan fingerprint density at radius 3 is 2.55 bits per heavy atom. The maximum atomic E-state index is 12.1. The van der Waals surface area contributed by atoms with E-state index in [-0.39, 0.29) is 17.9 Å². The maximum Gasteiger partial charge on any atom is 0.260 e. The van der Waals surface area contributed by atoms with Crippen LogP contribution in [-0.4, -0.2) is 43.6 Å². The standard InChI is InChI=1S/C16H24N2O2/c1-16(2,3)13-6-4-5-7-14(13)20-12-15(19)18-10-8-17-9-11-18/h4-7,17H,8-12H2,1-3H3/p+1. The molecule has 1 amide bonds. The van der Waals surface area contributed by atoms with Gasteiger partial charge in [0.25, 0.3) is 5.91 Å². The molecule has 1 aromatic carbocycles. The second-order valence-electron chi connectivity index (χ2n) is 6.28. The largest absolute Gasteiger partial charge is 0.483 e. The van der Waals surface area contributed by atoms with Crippen LogP contribution in [0.15, 0.2) is 24.3 Å². The van der Waals surface area contributed by atoms with Crippen LogP contribution in [0.2, 0.25) is 0 Å². The topological polar surface area (TPSA) is 46.1 Å². The third kappa shape index (κ3) is 3.73. The van der Waals surface area contributed by atoms with Crippen LogP contribution in [0.5, 0.6) is 5.75 Å². The quantitative estimate of drug-likeness (QED) is 0.887. The summed E-state index contributed by atoms with van der Waals surface area (Å²) in [4.78, 5) is 14.0. The molecule has 1 saturated heterocycles.